The summed E-state index contributed by atoms with van der Waals surface area (Å²) in [6.45, 7) is 3.07. The molecule has 0 amide bonds. The number of hydrogen-bond acceptors (Lipinski definition) is 5. The molecule has 0 aliphatic carbocycles. The Bertz CT molecular complexity index is 825. The molecule has 0 bridgehead atoms. The minimum Gasteiger partial charge on any atom is -0.418 e. The summed E-state index contributed by atoms with van der Waals surface area (Å²) >= 11 is 7.17. The van der Waals surface area contributed by atoms with Gasteiger partial charge in [-0.15, -0.1) is 21.5 Å². The maximum Gasteiger partial charge on any atom is 0.436 e. The molecule has 3 aromatic heterocycles. The Labute approximate surface area is 137 Å². The molecule has 5 nitrogen and oxygen atoms in total. The van der Waals surface area contributed by atoms with E-state index in [0.717, 1.165) is 9.56 Å². The molecule has 3 heterocycles. The van der Waals surface area contributed by atoms with E-state index in [9.17, 15) is 13.2 Å². The van der Waals surface area contributed by atoms with Crippen LogP contribution in [0.15, 0.2) is 21.9 Å². The van der Waals surface area contributed by atoms with Gasteiger partial charge in [-0.1, -0.05) is 17.7 Å². The Morgan fingerprint density at radius 3 is 2.65 bits per heavy atom. The summed E-state index contributed by atoms with van der Waals surface area (Å²) in [5, 5.41) is 12.8. The minimum absolute atomic E-state index is 0.157. The van der Waals surface area contributed by atoms with Crippen molar-refractivity contribution in [1.82, 2.24) is 20.0 Å². The van der Waals surface area contributed by atoms with E-state index in [0.29, 0.717) is 5.89 Å². The highest BCUT2D eigenvalue weighted by molar-refractivity contribution is 7.13. The third kappa shape index (κ3) is 2.86. The highest BCUT2D eigenvalue weighted by Gasteiger charge is 2.39. The Balaban J connectivity index is 1.97. The molecule has 10 heteroatoms. The average molecular weight is 363 g/mol. The van der Waals surface area contributed by atoms with Crippen LogP contribution < -0.4 is 0 Å². The Morgan fingerprint density at radius 2 is 2.09 bits per heavy atom. The van der Waals surface area contributed by atoms with Crippen LogP contribution in [0.25, 0.3) is 10.8 Å². The van der Waals surface area contributed by atoms with Crippen LogP contribution in [0.5, 0.6) is 0 Å². The zero-order valence-corrected chi connectivity index (χ0v) is 13.5. The summed E-state index contributed by atoms with van der Waals surface area (Å²) in [6, 6.07) is 2.97. The molecule has 0 aromatic carbocycles. The van der Waals surface area contributed by atoms with Crippen molar-refractivity contribution in [1.29, 1.82) is 0 Å². The van der Waals surface area contributed by atoms with Crippen molar-refractivity contribution in [3.8, 4) is 10.8 Å². The van der Waals surface area contributed by atoms with Gasteiger partial charge in [0.25, 0.3) is 5.89 Å². The lowest BCUT2D eigenvalue weighted by molar-refractivity contribution is -0.141. The average Bonchev–Trinajstić information content (AvgIpc) is 3.18. The molecule has 0 saturated carbocycles. The second-order valence-electron chi connectivity index (χ2n) is 4.79. The number of halogens is 4. The molecule has 0 aliphatic rings. The van der Waals surface area contributed by atoms with Crippen molar-refractivity contribution in [3.63, 3.8) is 0 Å². The van der Waals surface area contributed by atoms with Gasteiger partial charge in [0.2, 0.25) is 5.89 Å². The van der Waals surface area contributed by atoms with Gasteiger partial charge in [0.1, 0.15) is 6.04 Å². The standard InChI is InChI=1S/C13H10ClF3N4OS/c1-6-9(14)10(13(15,16)17)20-21(6)7(2)11-18-19-12(22-11)8-4-3-5-23-8/h3-5,7H,1-2H3. The summed E-state index contributed by atoms with van der Waals surface area (Å²) < 4.78 is 45.3. The van der Waals surface area contributed by atoms with Crippen LogP contribution in [-0.2, 0) is 6.18 Å². The van der Waals surface area contributed by atoms with E-state index in [-0.39, 0.29) is 11.6 Å². The molecular weight excluding hydrogens is 353 g/mol. The number of hydrogen-bond donors (Lipinski definition) is 0. The molecule has 0 aliphatic heterocycles. The van der Waals surface area contributed by atoms with Gasteiger partial charge < -0.3 is 4.42 Å². The molecular formula is C13H10ClF3N4OS. The van der Waals surface area contributed by atoms with Gasteiger partial charge in [0, 0.05) is 0 Å². The molecule has 3 rings (SSSR count). The van der Waals surface area contributed by atoms with Crippen molar-refractivity contribution in [2.75, 3.05) is 0 Å². The fraction of sp³-hybridized carbons (Fsp3) is 0.308. The first kappa shape index (κ1) is 16.0. The predicted octanol–water partition coefficient (Wildman–Crippen LogP) is 4.58. The van der Waals surface area contributed by atoms with Crippen molar-refractivity contribution >= 4 is 22.9 Å². The second-order valence-corrected chi connectivity index (χ2v) is 6.11. The zero-order chi connectivity index (χ0) is 16.8. The first-order chi connectivity index (χ1) is 10.8. The van der Waals surface area contributed by atoms with Crippen molar-refractivity contribution in [2.24, 2.45) is 0 Å². The minimum atomic E-state index is -4.62. The predicted molar refractivity (Wildman–Crippen MR) is 78.4 cm³/mol. The molecule has 23 heavy (non-hydrogen) atoms. The van der Waals surface area contributed by atoms with Crippen LogP contribution >= 0.6 is 22.9 Å². The van der Waals surface area contributed by atoms with Crippen LogP contribution in [0.2, 0.25) is 5.02 Å². The summed E-state index contributed by atoms with van der Waals surface area (Å²) in [4.78, 5) is 0.780. The van der Waals surface area contributed by atoms with E-state index in [1.165, 1.54) is 18.3 Å². The van der Waals surface area contributed by atoms with E-state index in [4.69, 9.17) is 16.0 Å². The molecule has 1 unspecified atom stereocenters. The van der Waals surface area contributed by atoms with Crippen molar-refractivity contribution in [3.05, 3.63) is 39.8 Å². The maximum absolute atomic E-state index is 12.9. The van der Waals surface area contributed by atoms with Gasteiger partial charge in [-0.05, 0) is 25.3 Å². The monoisotopic (exact) mass is 362 g/mol. The summed E-state index contributed by atoms with van der Waals surface area (Å²) in [5.74, 6) is 0.471. The van der Waals surface area contributed by atoms with Crippen molar-refractivity contribution in [2.45, 2.75) is 26.1 Å². The van der Waals surface area contributed by atoms with Crippen molar-refractivity contribution < 1.29 is 17.6 Å². The second kappa shape index (κ2) is 5.64. The first-order valence-corrected chi connectivity index (χ1v) is 7.74. The highest BCUT2D eigenvalue weighted by atomic mass is 35.5. The van der Waals surface area contributed by atoms with Gasteiger partial charge in [0.05, 0.1) is 15.6 Å². The van der Waals surface area contributed by atoms with Crippen LogP contribution in [0, 0.1) is 6.92 Å². The fourth-order valence-corrected chi connectivity index (χ4v) is 2.94. The van der Waals surface area contributed by atoms with Gasteiger partial charge in [-0.2, -0.15) is 18.3 Å². The van der Waals surface area contributed by atoms with E-state index in [1.54, 1.807) is 6.92 Å². The smallest absolute Gasteiger partial charge is 0.418 e. The van der Waals surface area contributed by atoms with Crippen LogP contribution in [0.3, 0.4) is 0 Å². The molecule has 0 radical (unpaired) electrons. The number of nitrogens with zero attached hydrogens (tertiary/aromatic N) is 4. The third-order valence-corrected chi connectivity index (χ3v) is 4.55. The number of aromatic nitrogens is 4. The van der Waals surface area contributed by atoms with E-state index >= 15 is 0 Å². The van der Waals surface area contributed by atoms with Gasteiger partial charge in [0.15, 0.2) is 5.69 Å². The Morgan fingerprint density at radius 1 is 1.35 bits per heavy atom. The van der Waals surface area contributed by atoms with Crippen LogP contribution in [-0.4, -0.2) is 20.0 Å². The van der Waals surface area contributed by atoms with Crippen LogP contribution in [0.1, 0.15) is 30.2 Å². The Kier molecular flexibility index (Phi) is 3.93. The SMILES string of the molecule is Cc1c(Cl)c(C(F)(F)F)nn1C(C)c1nnc(-c2cccs2)o1. The van der Waals surface area contributed by atoms with Crippen LogP contribution in [0.4, 0.5) is 13.2 Å². The summed E-state index contributed by atoms with van der Waals surface area (Å²) in [5.41, 5.74) is -0.941. The quantitative estimate of drug-likeness (QED) is 0.684. The zero-order valence-electron chi connectivity index (χ0n) is 11.9. The van der Waals surface area contributed by atoms with E-state index < -0.39 is 22.9 Å². The topological polar surface area (TPSA) is 56.7 Å². The first-order valence-electron chi connectivity index (χ1n) is 6.48. The maximum atomic E-state index is 12.9. The summed E-state index contributed by atoms with van der Waals surface area (Å²) in [6.07, 6.45) is -4.62. The lowest BCUT2D eigenvalue weighted by Crippen LogP contribution is -2.13. The lowest BCUT2D eigenvalue weighted by atomic mass is 10.3. The van der Waals surface area contributed by atoms with E-state index in [1.807, 2.05) is 17.5 Å². The molecule has 3 aromatic rings. The largest absolute Gasteiger partial charge is 0.436 e. The highest BCUT2D eigenvalue weighted by Crippen LogP contribution is 2.37. The molecule has 0 saturated heterocycles. The van der Waals surface area contributed by atoms with E-state index in [2.05, 4.69) is 15.3 Å². The third-order valence-electron chi connectivity index (χ3n) is 3.24. The number of rotatable bonds is 3. The Hall–Kier alpha value is -1.87. The van der Waals surface area contributed by atoms with Gasteiger partial charge >= 0.3 is 6.18 Å². The number of alkyl halides is 3. The molecule has 0 N–H and O–H groups in total. The molecule has 0 fully saturated rings. The van der Waals surface area contributed by atoms with Gasteiger partial charge in [-0.25, -0.2) is 0 Å². The molecule has 122 valence electrons. The summed E-state index contributed by atoms with van der Waals surface area (Å²) in [7, 11) is 0. The normalized spacial score (nSPS) is 13.5. The molecule has 0 spiro atoms. The lowest BCUT2D eigenvalue weighted by Gasteiger charge is -2.09. The number of thiophene rings is 1. The van der Waals surface area contributed by atoms with Gasteiger partial charge in [-0.3, -0.25) is 4.68 Å². The molecule has 1 atom stereocenters. The fourth-order valence-electron chi connectivity index (χ4n) is 2.06.